The van der Waals surface area contributed by atoms with Crippen molar-refractivity contribution in [3.8, 4) is 0 Å². The summed E-state index contributed by atoms with van der Waals surface area (Å²) in [5.41, 5.74) is 1.26. The van der Waals surface area contributed by atoms with Crippen LogP contribution in [0.25, 0.3) is 6.08 Å². The van der Waals surface area contributed by atoms with E-state index in [-0.39, 0.29) is 0 Å². The fraction of sp³-hybridized carbons (Fsp3) is 0.467. The Labute approximate surface area is 98.6 Å². The molecule has 0 amide bonds. The Kier molecular flexibility index (Phi) is 4.03. The number of hydrogen-bond acceptors (Lipinski definition) is 1. The minimum absolute atomic E-state index is 0.675. The SMILES string of the molecule is C[C@H]1CCCC[C@H]1NC=Cc1ccccc1. The molecule has 1 aromatic carbocycles. The third-order valence-electron chi connectivity index (χ3n) is 3.50. The average molecular weight is 215 g/mol. The quantitative estimate of drug-likeness (QED) is 0.808. The number of rotatable bonds is 3. The molecule has 2 rings (SSSR count). The number of nitrogens with one attached hydrogen (secondary N) is 1. The molecule has 1 aliphatic carbocycles. The zero-order valence-electron chi connectivity index (χ0n) is 10.0. The molecule has 0 radical (unpaired) electrons. The first-order chi connectivity index (χ1) is 7.86. The summed E-state index contributed by atoms with van der Waals surface area (Å²) >= 11 is 0. The molecule has 86 valence electrons. The van der Waals surface area contributed by atoms with Crippen LogP contribution in [0.4, 0.5) is 0 Å². The predicted molar refractivity (Wildman–Crippen MR) is 70.0 cm³/mol. The summed E-state index contributed by atoms with van der Waals surface area (Å²) in [6.07, 6.45) is 9.74. The molecule has 1 nitrogen and oxygen atoms in total. The summed E-state index contributed by atoms with van der Waals surface area (Å²) in [5.74, 6) is 0.814. The second-order valence-corrected chi connectivity index (χ2v) is 4.78. The summed E-state index contributed by atoms with van der Waals surface area (Å²) in [7, 11) is 0. The second-order valence-electron chi connectivity index (χ2n) is 4.78. The summed E-state index contributed by atoms with van der Waals surface area (Å²) in [6.45, 7) is 2.35. The summed E-state index contributed by atoms with van der Waals surface area (Å²) in [5, 5.41) is 3.54. The van der Waals surface area contributed by atoms with E-state index in [0.29, 0.717) is 6.04 Å². The molecule has 0 aromatic heterocycles. The van der Waals surface area contributed by atoms with Crippen molar-refractivity contribution in [2.24, 2.45) is 5.92 Å². The Morgan fingerprint density at radius 2 is 1.88 bits per heavy atom. The van der Waals surface area contributed by atoms with Crippen LogP contribution in [-0.4, -0.2) is 6.04 Å². The lowest BCUT2D eigenvalue weighted by Crippen LogP contribution is -2.33. The van der Waals surface area contributed by atoms with E-state index in [9.17, 15) is 0 Å². The van der Waals surface area contributed by atoms with Crippen LogP contribution in [-0.2, 0) is 0 Å². The van der Waals surface area contributed by atoms with Gasteiger partial charge in [0.25, 0.3) is 0 Å². The van der Waals surface area contributed by atoms with Gasteiger partial charge in [-0.2, -0.15) is 0 Å². The summed E-state index contributed by atoms with van der Waals surface area (Å²) < 4.78 is 0. The van der Waals surface area contributed by atoms with E-state index < -0.39 is 0 Å². The van der Waals surface area contributed by atoms with Gasteiger partial charge in [-0.15, -0.1) is 0 Å². The fourth-order valence-electron chi connectivity index (χ4n) is 2.40. The highest BCUT2D eigenvalue weighted by molar-refractivity contribution is 5.48. The zero-order chi connectivity index (χ0) is 11.2. The Bertz CT molecular complexity index is 329. The van der Waals surface area contributed by atoms with Crippen molar-refractivity contribution in [3.63, 3.8) is 0 Å². The highest BCUT2D eigenvalue weighted by Gasteiger charge is 2.19. The highest BCUT2D eigenvalue weighted by Crippen LogP contribution is 2.23. The van der Waals surface area contributed by atoms with E-state index in [1.54, 1.807) is 0 Å². The Morgan fingerprint density at radius 1 is 1.12 bits per heavy atom. The van der Waals surface area contributed by atoms with Crippen LogP contribution >= 0.6 is 0 Å². The number of hydrogen-bond donors (Lipinski definition) is 1. The Hall–Kier alpha value is -1.24. The minimum atomic E-state index is 0.675. The predicted octanol–water partition coefficient (Wildman–Crippen LogP) is 3.83. The zero-order valence-corrected chi connectivity index (χ0v) is 10.0. The van der Waals surface area contributed by atoms with Gasteiger partial charge in [-0.25, -0.2) is 0 Å². The van der Waals surface area contributed by atoms with E-state index in [2.05, 4.69) is 48.8 Å². The fourth-order valence-corrected chi connectivity index (χ4v) is 2.40. The van der Waals surface area contributed by atoms with E-state index in [4.69, 9.17) is 0 Å². The maximum atomic E-state index is 3.54. The van der Waals surface area contributed by atoms with Gasteiger partial charge in [-0.3, -0.25) is 0 Å². The van der Waals surface area contributed by atoms with Crippen molar-refractivity contribution in [1.82, 2.24) is 5.32 Å². The first-order valence-corrected chi connectivity index (χ1v) is 6.34. The van der Waals surface area contributed by atoms with Crippen LogP contribution < -0.4 is 5.32 Å². The lowest BCUT2D eigenvalue weighted by atomic mass is 9.86. The van der Waals surface area contributed by atoms with Gasteiger partial charge in [0.2, 0.25) is 0 Å². The van der Waals surface area contributed by atoms with E-state index in [0.717, 1.165) is 5.92 Å². The molecule has 0 unspecified atom stereocenters. The van der Waals surface area contributed by atoms with Crippen molar-refractivity contribution in [2.45, 2.75) is 38.6 Å². The van der Waals surface area contributed by atoms with Crippen LogP contribution in [0.2, 0.25) is 0 Å². The number of benzene rings is 1. The van der Waals surface area contributed by atoms with Gasteiger partial charge in [0.05, 0.1) is 0 Å². The Morgan fingerprint density at radius 3 is 2.62 bits per heavy atom. The summed E-state index contributed by atoms with van der Waals surface area (Å²) in [6, 6.07) is 11.1. The lowest BCUT2D eigenvalue weighted by Gasteiger charge is -2.28. The van der Waals surface area contributed by atoms with Crippen LogP contribution in [0.15, 0.2) is 36.5 Å². The molecule has 1 heteroatoms. The van der Waals surface area contributed by atoms with Gasteiger partial charge in [-0.05, 0) is 36.6 Å². The molecule has 0 saturated heterocycles. The molecule has 2 atom stereocenters. The van der Waals surface area contributed by atoms with Gasteiger partial charge in [0.1, 0.15) is 0 Å². The van der Waals surface area contributed by atoms with E-state index in [1.807, 2.05) is 6.07 Å². The largest absolute Gasteiger partial charge is 0.388 e. The van der Waals surface area contributed by atoms with Crippen molar-refractivity contribution in [1.29, 1.82) is 0 Å². The first-order valence-electron chi connectivity index (χ1n) is 6.34. The molecule has 1 fully saturated rings. The maximum Gasteiger partial charge on any atom is 0.0281 e. The normalized spacial score (nSPS) is 25.8. The molecule has 16 heavy (non-hydrogen) atoms. The molecule has 1 aliphatic rings. The third-order valence-corrected chi connectivity index (χ3v) is 3.50. The molecule has 1 aromatic rings. The highest BCUT2D eigenvalue weighted by atomic mass is 14.9. The van der Waals surface area contributed by atoms with Crippen LogP contribution in [0.5, 0.6) is 0 Å². The smallest absolute Gasteiger partial charge is 0.0281 e. The molecule has 0 aliphatic heterocycles. The standard InChI is InChI=1S/C15H21N/c1-13-7-5-6-10-15(13)16-12-11-14-8-3-2-4-9-14/h2-4,8-9,11-13,15-16H,5-7,10H2,1H3/t13-,15+/m0/s1. The molecule has 0 heterocycles. The van der Waals surface area contributed by atoms with Gasteiger partial charge in [-0.1, -0.05) is 50.1 Å². The van der Waals surface area contributed by atoms with Gasteiger partial charge < -0.3 is 5.32 Å². The van der Waals surface area contributed by atoms with Crippen molar-refractivity contribution in [2.75, 3.05) is 0 Å². The Balaban J connectivity index is 1.84. The topological polar surface area (TPSA) is 12.0 Å². The molecular formula is C15H21N. The third kappa shape index (κ3) is 3.13. The summed E-state index contributed by atoms with van der Waals surface area (Å²) in [4.78, 5) is 0. The average Bonchev–Trinajstić information content (AvgIpc) is 2.33. The van der Waals surface area contributed by atoms with Gasteiger partial charge in [0.15, 0.2) is 0 Å². The maximum absolute atomic E-state index is 3.54. The molecule has 1 N–H and O–H groups in total. The van der Waals surface area contributed by atoms with Crippen LogP contribution in [0.1, 0.15) is 38.2 Å². The minimum Gasteiger partial charge on any atom is -0.388 e. The second kappa shape index (κ2) is 5.74. The van der Waals surface area contributed by atoms with E-state index in [1.165, 1.54) is 31.2 Å². The molecule has 0 bridgehead atoms. The van der Waals surface area contributed by atoms with Gasteiger partial charge >= 0.3 is 0 Å². The first kappa shape index (κ1) is 11.3. The van der Waals surface area contributed by atoms with Crippen molar-refractivity contribution in [3.05, 3.63) is 42.1 Å². The van der Waals surface area contributed by atoms with Crippen LogP contribution in [0.3, 0.4) is 0 Å². The van der Waals surface area contributed by atoms with Crippen molar-refractivity contribution < 1.29 is 0 Å². The monoisotopic (exact) mass is 215 g/mol. The molecule has 0 spiro atoms. The van der Waals surface area contributed by atoms with Gasteiger partial charge in [0, 0.05) is 6.04 Å². The molecule has 1 saturated carbocycles. The van der Waals surface area contributed by atoms with Crippen molar-refractivity contribution >= 4 is 6.08 Å². The molecular weight excluding hydrogens is 194 g/mol. The van der Waals surface area contributed by atoms with E-state index >= 15 is 0 Å². The lowest BCUT2D eigenvalue weighted by molar-refractivity contribution is 0.302. The van der Waals surface area contributed by atoms with Crippen LogP contribution in [0, 0.1) is 5.92 Å².